The predicted octanol–water partition coefficient (Wildman–Crippen LogP) is 3.34. The van der Waals surface area contributed by atoms with E-state index in [0.29, 0.717) is 25.3 Å². The van der Waals surface area contributed by atoms with Crippen LogP contribution in [0.5, 0.6) is 0 Å². The van der Waals surface area contributed by atoms with Crippen molar-refractivity contribution < 1.29 is 14.0 Å². The Bertz CT molecular complexity index is 948. The molecule has 0 unspecified atom stereocenters. The van der Waals surface area contributed by atoms with Crippen LogP contribution in [-0.4, -0.2) is 60.5 Å². The van der Waals surface area contributed by atoms with Gasteiger partial charge in [0.05, 0.1) is 12.1 Å². The highest BCUT2D eigenvalue weighted by Crippen LogP contribution is 2.33. The Labute approximate surface area is 176 Å². The predicted molar refractivity (Wildman–Crippen MR) is 115 cm³/mol. The van der Waals surface area contributed by atoms with Crippen LogP contribution in [0.1, 0.15) is 18.9 Å². The smallest absolute Gasteiger partial charge is 0.321 e. The van der Waals surface area contributed by atoms with Crippen LogP contribution in [0.4, 0.5) is 20.6 Å². The van der Waals surface area contributed by atoms with Crippen LogP contribution in [0, 0.1) is 5.82 Å². The Balaban J connectivity index is 1.47. The van der Waals surface area contributed by atoms with Gasteiger partial charge in [0.25, 0.3) is 0 Å². The van der Waals surface area contributed by atoms with E-state index in [-0.39, 0.29) is 29.8 Å². The topological polar surface area (TPSA) is 55.9 Å². The third kappa shape index (κ3) is 3.89. The summed E-state index contributed by atoms with van der Waals surface area (Å²) in [6.07, 6.45) is 1.71. The molecule has 7 heteroatoms. The largest absolute Gasteiger partial charge is 0.323 e. The summed E-state index contributed by atoms with van der Waals surface area (Å²) in [6.45, 7) is 3.89. The number of likely N-dealkylation sites (N-methyl/N-ethyl adjacent to an activating group) is 1. The molecule has 1 N–H and O–H groups in total. The molecule has 0 saturated carbocycles. The van der Waals surface area contributed by atoms with E-state index in [9.17, 15) is 14.0 Å². The van der Waals surface area contributed by atoms with Crippen LogP contribution in [-0.2, 0) is 11.2 Å². The van der Waals surface area contributed by atoms with E-state index in [1.807, 2.05) is 36.2 Å². The molecule has 158 valence electrons. The van der Waals surface area contributed by atoms with Gasteiger partial charge in [-0.3, -0.25) is 9.69 Å². The average molecular weight is 410 g/mol. The fraction of sp³-hybridized carbons (Fsp3) is 0.391. The number of likely N-dealkylation sites (tertiary alicyclic amines) is 1. The number of carbonyl (C=O) groups excluding carboxylic acids is 2. The second-order valence-corrected chi connectivity index (χ2v) is 8.19. The van der Waals surface area contributed by atoms with Crippen molar-refractivity contribution in [3.8, 4) is 0 Å². The lowest BCUT2D eigenvalue weighted by molar-refractivity contribution is -0.123. The van der Waals surface area contributed by atoms with Gasteiger partial charge in [-0.1, -0.05) is 25.1 Å². The first-order valence-electron chi connectivity index (χ1n) is 10.3. The number of piperazine rings is 1. The fourth-order valence-corrected chi connectivity index (χ4v) is 4.34. The van der Waals surface area contributed by atoms with Gasteiger partial charge in [-0.25, -0.2) is 9.18 Å². The first-order valence-corrected chi connectivity index (χ1v) is 10.3. The van der Waals surface area contributed by atoms with Crippen molar-refractivity contribution >= 4 is 23.3 Å². The minimum atomic E-state index is -0.366. The van der Waals surface area contributed by atoms with Gasteiger partial charge in [-0.05, 0) is 55.8 Å². The molecule has 2 aliphatic rings. The molecule has 30 heavy (non-hydrogen) atoms. The van der Waals surface area contributed by atoms with E-state index in [1.54, 1.807) is 21.9 Å². The van der Waals surface area contributed by atoms with Crippen LogP contribution >= 0.6 is 0 Å². The molecule has 1 atom stereocenters. The van der Waals surface area contributed by atoms with Gasteiger partial charge < -0.3 is 15.1 Å². The summed E-state index contributed by atoms with van der Waals surface area (Å²) in [7, 11) is 1.92. The maximum Gasteiger partial charge on any atom is 0.321 e. The normalized spacial score (nSPS) is 22.0. The van der Waals surface area contributed by atoms with Crippen LogP contribution in [0.25, 0.3) is 0 Å². The van der Waals surface area contributed by atoms with Crippen molar-refractivity contribution in [2.24, 2.45) is 0 Å². The van der Waals surface area contributed by atoms with Crippen LogP contribution in [0.3, 0.4) is 0 Å². The highest BCUT2D eigenvalue weighted by atomic mass is 19.1. The zero-order chi connectivity index (χ0) is 21.3. The molecule has 3 amide bonds. The molecule has 4 rings (SSSR count). The number of urea groups is 1. The summed E-state index contributed by atoms with van der Waals surface area (Å²) in [6, 6.07) is 13.8. The molecule has 2 heterocycles. The lowest BCUT2D eigenvalue weighted by Gasteiger charge is -2.46. The number of halogens is 1. The van der Waals surface area contributed by atoms with Crippen molar-refractivity contribution in [2.75, 3.05) is 43.4 Å². The second kappa shape index (κ2) is 8.07. The Morgan fingerprint density at radius 1 is 1.17 bits per heavy atom. The molecular formula is C23H27FN4O2. The molecule has 0 aliphatic carbocycles. The van der Waals surface area contributed by atoms with Gasteiger partial charge in [0.2, 0.25) is 5.91 Å². The summed E-state index contributed by atoms with van der Waals surface area (Å²) in [5, 5.41) is 2.97. The van der Waals surface area contributed by atoms with Crippen LogP contribution < -0.4 is 10.2 Å². The van der Waals surface area contributed by atoms with Gasteiger partial charge in [0, 0.05) is 31.0 Å². The SMILES string of the molecule is CCc1ccc(NC(=O)N2CC[C@@]3(C2)CN(c2cccc(F)c2)C(=O)CN3C)cc1. The quantitative estimate of drug-likeness (QED) is 0.844. The highest BCUT2D eigenvalue weighted by Gasteiger charge is 2.48. The lowest BCUT2D eigenvalue weighted by atomic mass is 9.92. The number of anilines is 2. The minimum Gasteiger partial charge on any atom is -0.323 e. The fourth-order valence-electron chi connectivity index (χ4n) is 4.34. The summed E-state index contributed by atoms with van der Waals surface area (Å²) >= 11 is 0. The van der Waals surface area contributed by atoms with Crippen LogP contribution in [0.15, 0.2) is 48.5 Å². The first-order chi connectivity index (χ1) is 14.4. The Morgan fingerprint density at radius 2 is 1.93 bits per heavy atom. The van der Waals surface area contributed by atoms with E-state index in [4.69, 9.17) is 0 Å². The number of amides is 3. The number of aryl methyl sites for hydroxylation is 1. The molecule has 2 saturated heterocycles. The summed E-state index contributed by atoms with van der Waals surface area (Å²) in [5.41, 5.74) is 2.21. The number of nitrogens with zero attached hydrogens (tertiary/aromatic N) is 3. The molecule has 2 aromatic rings. The molecule has 0 aromatic heterocycles. The molecular weight excluding hydrogens is 383 g/mol. The molecule has 1 spiro atoms. The molecule has 2 aromatic carbocycles. The Morgan fingerprint density at radius 3 is 2.63 bits per heavy atom. The number of carbonyl (C=O) groups is 2. The van der Waals surface area contributed by atoms with Crippen molar-refractivity contribution in [1.29, 1.82) is 0 Å². The van der Waals surface area contributed by atoms with Gasteiger partial charge in [0.1, 0.15) is 5.82 Å². The first kappa shape index (κ1) is 20.3. The number of hydrogen-bond donors (Lipinski definition) is 1. The summed E-state index contributed by atoms with van der Waals surface area (Å²) < 4.78 is 13.7. The third-order valence-electron chi connectivity index (χ3n) is 6.29. The summed E-state index contributed by atoms with van der Waals surface area (Å²) in [5.74, 6) is -0.428. The van der Waals surface area contributed by atoms with Crippen molar-refractivity contribution in [1.82, 2.24) is 9.80 Å². The summed E-state index contributed by atoms with van der Waals surface area (Å²) in [4.78, 5) is 30.9. The number of hydrogen-bond acceptors (Lipinski definition) is 3. The Kier molecular flexibility index (Phi) is 5.47. The lowest BCUT2D eigenvalue weighted by Crippen LogP contribution is -2.64. The number of rotatable bonds is 3. The van der Waals surface area contributed by atoms with Crippen molar-refractivity contribution in [3.05, 3.63) is 59.9 Å². The molecule has 0 bridgehead atoms. The standard InChI is InChI=1S/C23H27FN4O2/c1-3-17-7-9-19(10-8-17)25-22(30)27-12-11-23(15-27)16-28(21(29)14-26(23)2)20-6-4-5-18(24)13-20/h4-10,13H,3,11-12,14-16H2,1-2H3,(H,25,30)/t23-/m1/s1. The molecule has 0 radical (unpaired) electrons. The van der Waals surface area contributed by atoms with Gasteiger partial charge in [0.15, 0.2) is 0 Å². The zero-order valence-corrected chi connectivity index (χ0v) is 17.4. The molecule has 2 fully saturated rings. The average Bonchev–Trinajstić information content (AvgIpc) is 3.17. The monoisotopic (exact) mass is 410 g/mol. The third-order valence-corrected chi connectivity index (χ3v) is 6.29. The minimum absolute atomic E-state index is 0.0624. The van der Waals surface area contributed by atoms with Crippen molar-refractivity contribution in [2.45, 2.75) is 25.3 Å². The highest BCUT2D eigenvalue weighted by molar-refractivity contribution is 5.96. The van der Waals surface area contributed by atoms with E-state index >= 15 is 0 Å². The van der Waals surface area contributed by atoms with E-state index in [0.717, 1.165) is 18.5 Å². The molecule has 6 nitrogen and oxygen atoms in total. The van der Waals surface area contributed by atoms with Gasteiger partial charge in [-0.15, -0.1) is 0 Å². The molecule has 2 aliphatic heterocycles. The maximum atomic E-state index is 13.7. The van der Waals surface area contributed by atoms with E-state index in [1.165, 1.54) is 17.7 Å². The van der Waals surface area contributed by atoms with Gasteiger partial charge in [-0.2, -0.15) is 0 Å². The maximum absolute atomic E-state index is 13.7. The van der Waals surface area contributed by atoms with E-state index < -0.39 is 0 Å². The Hall–Kier alpha value is -2.93. The van der Waals surface area contributed by atoms with E-state index in [2.05, 4.69) is 12.2 Å². The van der Waals surface area contributed by atoms with Gasteiger partial charge >= 0.3 is 6.03 Å². The van der Waals surface area contributed by atoms with Crippen molar-refractivity contribution in [3.63, 3.8) is 0 Å². The second-order valence-electron chi connectivity index (χ2n) is 8.19. The zero-order valence-electron chi connectivity index (χ0n) is 17.4. The van der Waals surface area contributed by atoms with Crippen LogP contribution in [0.2, 0.25) is 0 Å². The number of nitrogens with one attached hydrogen (secondary N) is 1. The number of benzene rings is 2.